The van der Waals surface area contributed by atoms with Crippen LogP contribution in [0.3, 0.4) is 0 Å². The number of rotatable bonds is 10. The van der Waals surface area contributed by atoms with Crippen LogP contribution in [0.25, 0.3) is 11.1 Å². The normalized spacial score (nSPS) is 10.3. The Labute approximate surface area is 180 Å². The molecule has 2 rings (SSSR count). The Balaban J connectivity index is 2.42. The summed E-state index contributed by atoms with van der Waals surface area (Å²) >= 11 is 6.15. The van der Waals surface area contributed by atoms with Crippen LogP contribution in [-0.2, 0) is 9.53 Å². The molecule has 30 heavy (non-hydrogen) atoms. The number of ether oxygens (including phenoxy) is 1. The smallest absolute Gasteiger partial charge is 0.340 e. The third-order valence-corrected chi connectivity index (χ3v) is 4.68. The summed E-state index contributed by atoms with van der Waals surface area (Å²) in [6.45, 7) is 4.13. The molecule has 0 atom stereocenters. The Morgan fingerprint density at radius 1 is 1.30 bits per heavy atom. The molecule has 1 heterocycles. The van der Waals surface area contributed by atoms with Crippen LogP contribution in [0.4, 0.5) is 5.82 Å². The Bertz CT molecular complexity index is 970. The summed E-state index contributed by atoms with van der Waals surface area (Å²) in [5.74, 6) is -0.988. The van der Waals surface area contributed by atoms with Crippen molar-refractivity contribution in [2.24, 2.45) is 0 Å². The quantitative estimate of drug-likeness (QED) is 0.411. The number of benzene rings is 1. The molecule has 1 aromatic heterocycles. The average molecular weight is 430 g/mol. The number of aromatic nitrogens is 1. The fourth-order valence-corrected chi connectivity index (χ4v) is 3.30. The standard InChI is InChI=1S/C22H24ClN3O4/c1-3-30-22(29)19-14(2)26-21(25-11-6-4-5-10-18(27)28)17(13-24)20(19)15-8-7-9-16(23)12-15/h7-9,12H,3-6,10-11H2,1-2H3,(H,25,26)(H,27,28). The minimum Gasteiger partial charge on any atom is -0.481 e. The van der Waals surface area contributed by atoms with Gasteiger partial charge in [0.15, 0.2) is 0 Å². The highest BCUT2D eigenvalue weighted by Gasteiger charge is 2.25. The molecule has 0 aliphatic heterocycles. The summed E-state index contributed by atoms with van der Waals surface area (Å²) in [6.07, 6.45) is 2.19. The van der Waals surface area contributed by atoms with E-state index in [1.807, 2.05) is 0 Å². The van der Waals surface area contributed by atoms with Crippen molar-refractivity contribution >= 4 is 29.4 Å². The fourth-order valence-electron chi connectivity index (χ4n) is 3.11. The number of pyridine rings is 1. The lowest BCUT2D eigenvalue weighted by Crippen LogP contribution is -2.15. The first-order chi connectivity index (χ1) is 14.4. The van der Waals surface area contributed by atoms with Gasteiger partial charge in [-0.25, -0.2) is 9.78 Å². The van der Waals surface area contributed by atoms with Crippen molar-refractivity contribution in [1.82, 2.24) is 4.98 Å². The number of nitrogens with one attached hydrogen (secondary N) is 1. The molecule has 158 valence electrons. The number of unbranched alkanes of at least 4 members (excludes halogenated alkanes) is 2. The van der Waals surface area contributed by atoms with Gasteiger partial charge in [0.2, 0.25) is 0 Å². The number of aryl methyl sites for hydroxylation is 1. The van der Waals surface area contributed by atoms with Crippen LogP contribution < -0.4 is 5.32 Å². The number of halogens is 1. The zero-order valence-corrected chi connectivity index (χ0v) is 17.8. The van der Waals surface area contributed by atoms with E-state index in [9.17, 15) is 14.9 Å². The number of aliphatic carboxylic acids is 1. The second-order valence-corrected chi connectivity index (χ2v) is 7.08. The Hall–Kier alpha value is -3.11. The molecule has 2 aromatic rings. The van der Waals surface area contributed by atoms with Gasteiger partial charge in [0.1, 0.15) is 17.5 Å². The lowest BCUT2D eigenvalue weighted by atomic mass is 9.94. The SMILES string of the molecule is CCOC(=O)c1c(C)nc(NCCCCCC(=O)O)c(C#N)c1-c1cccc(Cl)c1. The number of hydrogen-bond donors (Lipinski definition) is 2. The molecule has 1 aromatic carbocycles. The van der Waals surface area contributed by atoms with E-state index >= 15 is 0 Å². The maximum atomic E-state index is 12.6. The van der Waals surface area contributed by atoms with Crippen molar-refractivity contribution < 1.29 is 19.4 Å². The molecule has 7 nitrogen and oxygen atoms in total. The Morgan fingerprint density at radius 3 is 2.70 bits per heavy atom. The van der Waals surface area contributed by atoms with E-state index < -0.39 is 11.9 Å². The van der Waals surface area contributed by atoms with Gasteiger partial charge in [0.25, 0.3) is 0 Å². The van der Waals surface area contributed by atoms with Crippen LogP contribution in [0.2, 0.25) is 5.02 Å². The van der Waals surface area contributed by atoms with Crippen LogP contribution in [0, 0.1) is 18.3 Å². The lowest BCUT2D eigenvalue weighted by Gasteiger charge is -2.17. The summed E-state index contributed by atoms with van der Waals surface area (Å²) in [5, 5.41) is 22.2. The molecule has 8 heteroatoms. The van der Waals surface area contributed by atoms with Gasteiger partial charge in [-0.1, -0.05) is 30.2 Å². The number of hydrogen-bond acceptors (Lipinski definition) is 6. The van der Waals surface area contributed by atoms with Crippen LogP contribution in [-0.4, -0.2) is 35.2 Å². The van der Waals surface area contributed by atoms with Gasteiger partial charge in [-0.2, -0.15) is 5.26 Å². The number of carboxylic acids is 1. The molecular formula is C22H24ClN3O4. The number of carbonyl (C=O) groups is 2. The first-order valence-corrected chi connectivity index (χ1v) is 10.1. The van der Waals surface area contributed by atoms with Gasteiger partial charge in [-0.05, 0) is 44.4 Å². The molecule has 0 amide bonds. The molecule has 0 spiro atoms. The maximum Gasteiger partial charge on any atom is 0.340 e. The number of esters is 1. The number of nitrogens with zero attached hydrogens (tertiary/aromatic N) is 2. The zero-order chi connectivity index (χ0) is 22.1. The molecule has 0 aliphatic rings. The van der Waals surface area contributed by atoms with Gasteiger partial charge < -0.3 is 15.2 Å². The Kier molecular flexibility index (Phi) is 8.63. The lowest BCUT2D eigenvalue weighted by molar-refractivity contribution is -0.137. The van der Waals surface area contributed by atoms with E-state index in [2.05, 4.69) is 16.4 Å². The average Bonchev–Trinajstić information content (AvgIpc) is 2.69. The van der Waals surface area contributed by atoms with E-state index in [1.165, 1.54) is 0 Å². The minimum absolute atomic E-state index is 0.133. The molecule has 0 saturated carbocycles. The first kappa shape index (κ1) is 23.2. The predicted octanol–water partition coefficient (Wildman–Crippen LogP) is 4.82. The first-order valence-electron chi connectivity index (χ1n) is 9.72. The summed E-state index contributed by atoms with van der Waals surface area (Å²) in [5.41, 5.74) is 1.96. The zero-order valence-electron chi connectivity index (χ0n) is 17.0. The van der Waals surface area contributed by atoms with Gasteiger partial charge in [-0.15, -0.1) is 0 Å². The van der Waals surface area contributed by atoms with E-state index in [4.69, 9.17) is 21.4 Å². The van der Waals surface area contributed by atoms with E-state index in [0.717, 1.165) is 12.8 Å². The van der Waals surface area contributed by atoms with E-state index in [-0.39, 0.29) is 24.2 Å². The molecule has 0 saturated heterocycles. The molecular weight excluding hydrogens is 406 g/mol. The van der Waals surface area contributed by atoms with Crippen LogP contribution in [0.15, 0.2) is 24.3 Å². The number of carbonyl (C=O) groups excluding carboxylic acids is 1. The maximum absolute atomic E-state index is 12.6. The highest BCUT2D eigenvalue weighted by Crippen LogP contribution is 2.34. The van der Waals surface area contributed by atoms with Crippen molar-refractivity contribution in [3.05, 3.63) is 46.1 Å². The number of nitriles is 1. The monoisotopic (exact) mass is 429 g/mol. The minimum atomic E-state index is -0.812. The second kappa shape index (κ2) is 11.2. The van der Waals surface area contributed by atoms with Crippen molar-refractivity contribution in [3.63, 3.8) is 0 Å². The molecule has 2 N–H and O–H groups in total. The van der Waals surface area contributed by atoms with Gasteiger partial charge >= 0.3 is 11.9 Å². The third-order valence-electron chi connectivity index (χ3n) is 4.44. The summed E-state index contributed by atoms with van der Waals surface area (Å²) in [4.78, 5) is 27.7. The van der Waals surface area contributed by atoms with Crippen LogP contribution >= 0.6 is 11.6 Å². The van der Waals surface area contributed by atoms with Crippen molar-refractivity contribution in [2.45, 2.75) is 39.5 Å². The molecule has 0 unspecified atom stereocenters. The molecule has 0 aliphatic carbocycles. The second-order valence-electron chi connectivity index (χ2n) is 6.64. The van der Waals surface area contributed by atoms with Crippen LogP contribution in [0.1, 0.15) is 54.2 Å². The van der Waals surface area contributed by atoms with Gasteiger partial charge in [-0.3, -0.25) is 4.79 Å². The summed E-state index contributed by atoms with van der Waals surface area (Å²) in [7, 11) is 0. The predicted molar refractivity (Wildman–Crippen MR) is 115 cm³/mol. The highest BCUT2D eigenvalue weighted by atomic mass is 35.5. The topological polar surface area (TPSA) is 112 Å². The van der Waals surface area contributed by atoms with Gasteiger partial charge in [0, 0.05) is 23.6 Å². The summed E-state index contributed by atoms with van der Waals surface area (Å²) < 4.78 is 5.20. The van der Waals surface area contributed by atoms with Crippen molar-refractivity contribution in [3.8, 4) is 17.2 Å². The van der Waals surface area contributed by atoms with Gasteiger partial charge in [0.05, 0.1) is 17.9 Å². The van der Waals surface area contributed by atoms with E-state index in [1.54, 1.807) is 38.1 Å². The molecule has 0 bridgehead atoms. The molecule has 0 fully saturated rings. The summed E-state index contributed by atoms with van der Waals surface area (Å²) in [6, 6.07) is 9.09. The number of carboxylic acid groups (broad SMARTS) is 1. The van der Waals surface area contributed by atoms with Crippen molar-refractivity contribution in [2.75, 3.05) is 18.5 Å². The highest BCUT2D eigenvalue weighted by molar-refractivity contribution is 6.30. The third kappa shape index (κ3) is 5.94. The molecule has 0 radical (unpaired) electrons. The van der Waals surface area contributed by atoms with Crippen molar-refractivity contribution in [1.29, 1.82) is 5.26 Å². The largest absolute Gasteiger partial charge is 0.481 e. The fraction of sp³-hybridized carbons (Fsp3) is 0.364. The number of anilines is 1. The van der Waals surface area contributed by atoms with E-state index in [0.29, 0.717) is 40.6 Å². The Morgan fingerprint density at radius 2 is 2.07 bits per heavy atom. The van der Waals surface area contributed by atoms with Crippen LogP contribution in [0.5, 0.6) is 0 Å².